The van der Waals surface area contributed by atoms with E-state index in [1.165, 1.54) is 12.3 Å². The molecule has 21 heavy (non-hydrogen) atoms. The zero-order valence-corrected chi connectivity index (χ0v) is 12.0. The average molecular weight is 294 g/mol. The first kappa shape index (κ1) is 15.4. The molecule has 2 heterocycles. The highest BCUT2D eigenvalue weighted by atomic mass is 19.1. The minimum atomic E-state index is -0.828. The Morgan fingerprint density at radius 1 is 1.57 bits per heavy atom. The van der Waals surface area contributed by atoms with Gasteiger partial charge in [0.15, 0.2) is 5.82 Å². The van der Waals surface area contributed by atoms with Crippen LogP contribution in [0.25, 0.3) is 0 Å². The number of carboxylic acid groups (broad SMARTS) is 1. The van der Waals surface area contributed by atoms with Gasteiger partial charge in [0.25, 0.3) is 5.91 Å². The van der Waals surface area contributed by atoms with Crippen LogP contribution in [0.3, 0.4) is 0 Å². The Morgan fingerprint density at radius 2 is 2.33 bits per heavy atom. The van der Waals surface area contributed by atoms with Crippen molar-refractivity contribution in [1.82, 2.24) is 9.88 Å². The molecular formula is C15H19FN2O3. The molecule has 0 saturated carbocycles. The van der Waals surface area contributed by atoms with Crippen molar-refractivity contribution in [2.24, 2.45) is 11.8 Å². The van der Waals surface area contributed by atoms with Crippen LogP contribution in [0, 0.1) is 17.7 Å². The number of amides is 1. The van der Waals surface area contributed by atoms with Crippen LogP contribution >= 0.6 is 0 Å². The van der Waals surface area contributed by atoms with Gasteiger partial charge >= 0.3 is 5.97 Å². The first-order chi connectivity index (χ1) is 9.99. The van der Waals surface area contributed by atoms with E-state index in [1.54, 1.807) is 4.90 Å². The van der Waals surface area contributed by atoms with E-state index in [0.717, 1.165) is 19.0 Å². The van der Waals surface area contributed by atoms with Gasteiger partial charge in [-0.25, -0.2) is 4.39 Å². The predicted molar refractivity (Wildman–Crippen MR) is 74.2 cm³/mol. The number of piperidine rings is 1. The van der Waals surface area contributed by atoms with Gasteiger partial charge in [0.1, 0.15) is 0 Å². The number of halogens is 1. The largest absolute Gasteiger partial charge is 0.481 e. The smallest absolute Gasteiger partial charge is 0.303 e. The highest BCUT2D eigenvalue weighted by Gasteiger charge is 2.29. The number of nitrogens with zero attached hydrogens (tertiary/aromatic N) is 2. The molecule has 6 heteroatoms. The molecule has 1 amide bonds. The highest BCUT2D eigenvalue weighted by Crippen LogP contribution is 2.27. The van der Waals surface area contributed by atoms with E-state index in [9.17, 15) is 14.0 Å². The average Bonchev–Trinajstić information content (AvgIpc) is 2.46. The first-order valence-corrected chi connectivity index (χ1v) is 7.09. The maximum atomic E-state index is 13.6. The molecule has 1 fully saturated rings. The summed E-state index contributed by atoms with van der Waals surface area (Å²) in [5, 5.41) is 8.87. The molecule has 0 aliphatic carbocycles. The lowest BCUT2D eigenvalue weighted by molar-refractivity contribution is -0.138. The van der Waals surface area contributed by atoms with Gasteiger partial charge in [-0.2, -0.15) is 0 Å². The number of rotatable bonds is 4. The summed E-state index contributed by atoms with van der Waals surface area (Å²) in [5.74, 6) is -1.65. The zero-order chi connectivity index (χ0) is 15.4. The van der Waals surface area contributed by atoms with E-state index >= 15 is 0 Å². The lowest BCUT2D eigenvalue weighted by atomic mass is 9.84. The van der Waals surface area contributed by atoms with Crippen LogP contribution in [0.15, 0.2) is 18.5 Å². The number of hydrogen-bond donors (Lipinski definition) is 1. The van der Waals surface area contributed by atoms with E-state index in [-0.39, 0.29) is 29.7 Å². The number of hydrogen-bond acceptors (Lipinski definition) is 3. The van der Waals surface area contributed by atoms with Gasteiger partial charge in [0, 0.05) is 25.7 Å². The third-order valence-electron chi connectivity index (χ3n) is 4.05. The van der Waals surface area contributed by atoms with E-state index < -0.39 is 11.8 Å². The molecule has 1 saturated heterocycles. The quantitative estimate of drug-likeness (QED) is 0.924. The van der Waals surface area contributed by atoms with E-state index in [0.29, 0.717) is 13.1 Å². The Hall–Kier alpha value is -1.98. The third-order valence-corrected chi connectivity index (χ3v) is 4.05. The minimum absolute atomic E-state index is 0.000358. The van der Waals surface area contributed by atoms with Crippen molar-refractivity contribution >= 4 is 11.9 Å². The molecule has 5 nitrogen and oxygen atoms in total. The maximum Gasteiger partial charge on any atom is 0.303 e. The summed E-state index contributed by atoms with van der Waals surface area (Å²) in [4.78, 5) is 28.4. The Morgan fingerprint density at radius 3 is 3.00 bits per heavy atom. The molecule has 0 aromatic carbocycles. The van der Waals surface area contributed by atoms with Crippen molar-refractivity contribution in [3.63, 3.8) is 0 Å². The van der Waals surface area contributed by atoms with Crippen molar-refractivity contribution in [2.75, 3.05) is 13.1 Å². The van der Waals surface area contributed by atoms with Gasteiger partial charge in [-0.15, -0.1) is 0 Å². The van der Waals surface area contributed by atoms with Crippen molar-refractivity contribution in [1.29, 1.82) is 0 Å². The first-order valence-electron chi connectivity index (χ1n) is 7.09. The van der Waals surface area contributed by atoms with E-state index in [2.05, 4.69) is 4.98 Å². The Kier molecular flexibility index (Phi) is 4.88. The SMILES string of the molecule is CC(CC(=O)O)C1CCCN(C(=O)c2ccncc2F)C1. The standard InChI is InChI=1S/C15H19FN2O3/c1-10(7-14(19)20)11-3-2-6-18(9-11)15(21)12-4-5-17-8-13(12)16/h4-5,8,10-11H,2-3,6-7,9H2,1H3,(H,19,20). The fraction of sp³-hybridized carbons (Fsp3) is 0.533. The number of carboxylic acids is 1. The molecule has 2 rings (SSSR count). The van der Waals surface area contributed by atoms with Crippen LogP contribution in [-0.4, -0.2) is 40.0 Å². The molecule has 2 unspecified atom stereocenters. The molecule has 1 aliphatic rings. The van der Waals surface area contributed by atoms with Crippen molar-refractivity contribution in [2.45, 2.75) is 26.2 Å². The van der Waals surface area contributed by atoms with E-state index in [1.807, 2.05) is 6.92 Å². The lowest BCUT2D eigenvalue weighted by Crippen LogP contribution is -2.42. The van der Waals surface area contributed by atoms with Gasteiger partial charge in [-0.3, -0.25) is 14.6 Å². The summed E-state index contributed by atoms with van der Waals surface area (Å²) in [5.41, 5.74) is 0.0246. The van der Waals surface area contributed by atoms with E-state index in [4.69, 9.17) is 5.11 Å². The second-order valence-electron chi connectivity index (χ2n) is 5.58. The molecule has 1 N–H and O–H groups in total. The fourth-order valence-corrected chi connectivity index (χ4v) is 2.82. The van der Waals surface area contributed by atoms with Crippen LogP contribution < -0.4 is 0 Å². The zero-order valence-electron chi connectivity index (χ0n) is 12.0. The van der Waals surface area contributed by atoms with Crippen LogP contribution in [0.5, 0.6) is 0 Å². The molecule has 0 spiro atoms. The molecular weight excluding hydrogens is 275 g/mol. The second kappa shape index (κ2) is 6.65. The number of likely N-dealkylation sites (tertiary alicyclic amines) is 1. The van der Waals surface area contributed by atoms with Gasteiger partial charge in [0.05, 0.1) is 11.8 Å². The molecule has 1 aromatic heterocycles. The lowest BCUT2D eigenvalue weighted by Gasteiger charge is -2.35. The molecule has 1 aliphatic heterocycles. The number of carbonyl (C=O) groups is 2. The molecule has 0 radical (unpaired) electrons. The summed E-state index contributed by atoms with van der Waals surface area (Å²) < 4.78 is 13.6. The minimum Gasteiger partial charge on any atom is -0.481 e. The summed E-state index contributed by atoms with van der Waals surface area (Å²) in [7, 11) is 0. The van der Waals surface area contributed by atoms with Crippen molar-refractivity contribution < 1.29 is 19.1 Å². The summed E-state index contributed by atoms with van der Waals surface area (Å²) in [6.45, 7) is 2.95. The number of pyridine rings is 1. The van der Waals surface area contributed by atoms with Crippen LogP contribution in [0.1, 0.15) is 36.5 Å². The number of carbonyl (C=O) groups excluding carboxylic acids is 1. The molecule has 1 aromatic rings. The third kappa shape index (κ3) is 3.77. The summed E-state index contributed by atoms with van der Waals surface area (Å²) in [6.07, 6.45) is 4.23. The second-order valence-corrected chi connectivity index (χ2v) is 5.58. The number of aromatic nitrogens is 1. The van der Waals surface area contributed by atoms with Gasteiger partial charge in [-0.05, 0) is 30.7 Å². The molecule has 114 valence electrons. The Labute approximate surface area is 122 Å². The highest BCUT2D eigenvalue weighted by molar-refractivity contribution is 5.94. The fourth-order valence-electron chi connectivity index (χ4n) is 2.82. The molecule has 0 bridgehead atoms. The van der Waals surface area contributed by atoms with Crippen LogP contribution in [0.4, 0.5) is 4.39 Å². The Balaban J connectivity index is 2.05. The summed E-state index contributed by atoms with van der Waals surface area (Å²) >= 11 is 0. The van der Waals surface area contributed by atoms with Crippen molar-refractivity contribution in [3.05, 3.63) is 29.8 Å². The normalized spacial score (nSPS) is 20.1. The van der Waals surface area contributed by atoms with Crippen LogP contribution in [-0.2, 0) is 4.79 Å². The van der Waals surface area contributed by atoms with Crippen molar-refractivity contribution in [3.8, 4) is 0 Å². The van der Waals surface area contributed by atoms with Gasteiger partial charge in [-0.1, -0.05) is 6.92 Å². The van der Waals surface area contributed by atoms with Gasteiger partial charge in [0.2, 0.25) is 0 Å². The number of aliphatic carboxylic acids is 1. The monoisotopic (exact) mass is 294 g/mol. The maximum absolute atomic E-state index is 13.6. The topological polar surface area (TPSA) is 70.5 Å². The predicted octanol–water partition coefficient (Wildman–Crippen LogP) is 2.18. The van der Waals surface area contributed by atoms with Gasteiger partial charge < -0.3 is 10.0 Å². The van der Waals surface area contributed by atoms with Crippen LogP contribution in [0.2, 0.25) is 0 Å². The summed E-state index contributed by atoms with van der Waals surface area (Å²) in [6, 6.07) is 1.38. The Bertz CT molecular complexity index is 535. The molecule has 2 atom stereocenters.